The van der Waals surface area contributed by atoms with Crippen molar-refractivity contribution in [2.24, 2.45) is 5.41 Å². The Labute approximate surface area is 119 Å². The molecule has 1 aromatic rings. The lowest BCUT2D eigenvalue weighted by Crippen LogP contribution is -2.41. The number of nitrogens with one attached hydrogen (secondary N) is 1. The van der Waals surface area contributed by atoms with E-state index in [1.54, 1.807) is 0 Å². The van der Waals surface area contributed by atoms with Gasteiger partial charge in [-0.1, -0.05) is 58.9 Å². The fraction of sp³-hybridized carbons (Fsp3) is 0.667. The van der Waals surface area contributed by atoms with Gasteiger partial charge in [0.2, 0.25) is 0 Å². The van der Waals surface area contributed by atoms with Crippen molar-refractivity contribution >= 4 is 0 Å². The van der Waals surface area contributed by atoms with Gasteiger partial charge in [0.15, 0.2) is 0 Å². The Kier molecular flexibility index (Phi) is 5.20. The van der Waals surface area contributed by atoms with E-state index in [0.717, 1.165) is 6.54 Å². The van der Waals surface area contributed by atoms with Gasteiger partial charge in [-0.05, 0) is 42.7 Å². The molecule has 0 aliphatic rings. The molecule has 0 aromatic heterocycles. The quantitative estimate of drug-likeness (QED) is 0.776. The van der Waals surface area contributed by atoms with Crippen LogP contribution in [0.5, 0.6) is 0 Å². The second-order valence-corrected chi connectivity index (χ2v) is 7.87. The van der Waals surface area contributed by atoms with Gasteiger partial charge in [0, 0.05) is 12.1 Å². The van der Waals surface area contributed by atoms with Gasteiger partial charge in [-0.25, -0.2) is 0 Å². The van der Waals surface area contributed by atoms with E-state index >= 15 is 0 Å². The van der Waals surface area contributed by atoms with Crippen LogP contribution in [0, 0.1) is 5.41 Å². The number of rotatable bonds is 5. The summed E-state index contributed by atoms with van der Waals surface area (Å²) in [4.78, 5) is 0. The Hall–Kier alpha value is -0.820. The summed E-state index contributed by atoms with van der Waals surface area (Å²) in [6.07, 6.45) is 1.17. The summed E-state index contributed by atoms with van der Waals surface area (Å²) in [5.74, 6) is 0.611. The molecule has 108 valence electrons. The second-order valence-electron chi connectivity index (χ2n) is 7.87. The van der Waals surface area contributed by atoms with Gasteiger partial charge in [0.05, 0.1) is 0 Å². The lowest BCUT2D eigenvalue weighted by Gasteiger charge is -2.33. The van der Waals surface area contributed by atoms with E-state index in [2.05, 4.69) is 78.0 Å². The summed E-state index contributed by atoms with van der Waals surface area (Å²) < 4.78 is 0. The van der Waals surface area contributed by atoms with Crippen molar-refractivity contribution in [3.05, 3.63) is 35.4 Å². The first-order chi connectivity index (χ1) is 8.59. The van der Waals surface area contributed by atoms with Crippen molar-refractivity contribution in [1.29, 1.82) is 0 Å². The van der Waals surface area contributed by atoms with E-state index in [9.17, 15) is 0 Å². The molecule has 1 heteroatoms. The van der Waals surface area contributed by atoms with Crippen LogP contribution in [0.4, 0.5) is 0 Å². The zero-order chi connectivity index (χ0) is 14.7. The average molecular weight is 261 g/mol. The predicted molar refractivity (Wildman–Crippen MR) is 85.5 cm³/mol. The summed E-state index contributed by atoms with van der Waals surface area (Å²) in [5, 5.41) is 3.68. The van der Waals surface area contributed by atoms with Crippen LogP contribution in [-0.2, 0) is 6.54 Å². The monoisotopic (exact) mass is 261 g/mol. The second kappa shape index (κ2) is 6.09. The van der Waals surface area contributed by atoms with Gasteiger partial charge in [0.25, 0.3) is 0 Å². The Balaban J connectivity index is 2.56. The van der Waals surface area contributed by atoms with Crippen molar-refractivity contribution in [1.82, 2.24) is 5.32 Å². The minimum absolute atomic E-state index is 0.176. The fourth-order valence-electron chi connectivity index (χ4n) is 2.75. The van der Waals surface area contributed by atoms with Gasteiger partial charge in [-0.2, -0.15) is 0 Å². The van der Waals surface area contributed by atoms with Gasteiger partial charge >= 0.3 is 0 Å². The number of benzene rings is 1. The molecule has 0 heterocycles. The Morgan fingerprint density at radius 2 is 1.47 bits per heavy atom. The Bertz CT molecular complexity index is 379. The number of hydrogen-bond acceptors (Lipinski definition) is 1. The normalized spacial score (nSPS) is 13.1. The molecule has 0 saturated carbocycles. The van der Waals surface area contributed by atoms with E-state index in [0.29, 0.717) is 11.3 Å². The van der Waals surface area contributed by atoms with Gasteiger partial charge in [-0.3, -0.25) is 0 Å². The first kappa shape index (κ1) is 16.2. The smallest absolute Gasteiger partial charge is 0.0210 e. The van der Waals surface area contributed by atoms with Crippen molar-refractivity contribution < 1.29 is 0 Å². The first-order valence-electron chi connectivity index (χ1n) is 7.43. The highest BCUT2D eigenvalue weighted by atomic mass is 14.9. The van der Waals surface area contributed by atoms with Crippen molar-refractivity contribution in [3.63, 3.8) is 0 Å². The molecule has 1 N–H and O–H groups in total. The van der Waals surface area contributed by atoms with E-state index in [1.165, 1.54) is 17.5 Å². The molecule has 0 bridgehead atoms. The maximum Gasteiger partial charge on any atom is 0.0210 e. The highest BCUT2D eigenvalue weighted by Crippen LogP contribution is 2.27. The van der Waals surface area contributed by atoms with Crippen LogP contribution in [0.25, 0.3) is 0 Å². The summed E-state index contributed by atoms with van der Waals surface area (Å²) in [7, 11) is 0. The molecule has 1 rings (SSSR count). The third kappa shape index (κ3) is 6.24. The molecule has 0 fully saturated rings. The summed E-state index contributed by atoms with van der Waals surface area (Å²) in [6, 6.07) is 8.99. The van der Waals surface area contributed by atoms with Crippen LogP contribution in [0.15, 0.2) is 24.3 Å². The minimum Gasteiger partial charge on any atom is -0.308 e. The molecule has 0 aliphatic heterocycles. The third-order valence-corrected chi connectivity index (χ3v) is 3.39. The van der Waals surface area contributed by atoms with Crippen LogP contribution in [-0.4, -0.2) is 5.54 Å². The van der Waals surface area contributed by atoms with E-state index in [-0.39, 0.29) is 5.54 Å². The van der Waals surface area contributed by atoms with E-state index < -0.39 is 0 Å². The van der Waals surface area contributed by atoms with Crippen LogP contribution in [0.1, 0.15) is 71.9 Å². The largest absolute Gasteiger partial charge is 0.308 e. The molecular formula is C18H31N. The summed E-state index contributed by atoms with van der Waals surface area (Å²) in [5.41, 5.74) is 3.32. The molecule has 0 atom stereocenters. The Morgan fingerprint density at radius 3 is 1.89 bits per heavy atom. The fourth-order valence-corrected chi connectivity index (χ4v) is 2.75. The van der Waals surface area contributed by atoms with Crippen LogP contribution < -0.4 is 5.32 Å². The molecule has 0 amide bonds. The molecule has 0 radical (unpaired) electrons. The SMILES string of the molecule is CC(C)c1ccc(CNC(C)(C)CC(C)(C)C)cc1. The lowest BCUT2D eigenvalue weighted by molar-refractivity contribution is 0.241. The minimum atomic E-state index is 0.176. The Morgan fingerprint density at radius 1 is 0.947 bits per heavy atom. The maximum atomic E-state index is 3.68. The molecule has 0 aliphatic carbocycles. The third-order valence-electron chi connectivity index (χ3n) is 3.39. The average Bonchev–Trinajstić information content (AvgIpc) is 2.24. The zero-order valence-electron chi connectivity index (χ0n) is 13.8. The molecular weight excluding hydrogens is 230 g/mol. The lowest BCUT2D eigenvalue weighted by atomic mass is 9.82. The van der Waals surface area contributed by atoms with Gasteiger partial charge in [0.1, 0.15) is 0 Å². The molecule has 0 unspecified atom stereocenters. The molecule has 0 saturated heterocycles. The van der Waals surface area contributed by atoms with E-state index in [4.69, 9.17) is 0 Å². The van der Waals surface area contributed by atoms with Crippen molar-refractivity contribution in [2.45, 2.75) is 72.9 Å². The van der Waals surface area contributed by atoms with Crippen LogP contribution in [0.2, 0.25) is 0 Å². The summed E-state index contributed by atoms with van der Waals surface area (Å²) in [6.45, 7) is 16.9. The van der Waals surface area contributed by atoms with Crippen LogP contribution >= 0.6 is 0 Å². The first-order valence-corrected chi connectivity index (χ1v) is 7.43. The highest BCUT2D eigenvalue weighted by Gasteiger charge is 2.24. The topological polar surface area (TPSA) is 12.0 Å². The standard InChI is InChI=1S/C18H31N/c1-14(2)16-10-8-15(9-11-16)12-19-18(6,7)13-17(3,4)5/h8-11,14,19H,12-13H2,1-7H3. The van der Waals surface area contributed by atoms with Crippen molar-refractivity contribution in [3.8, 4) is 0 Å². The van der Waals surface area contributed by atoms with Gasteiger partial charge < -0.3 is 5.32 Å². The number of hydrogen-bond donors (Lipinski definition) is 1. The molecule has 1 nitrogen and oxygen atoms in total. The molecule has 1 aromatic carbocycles. The molecule has 19 heavy (non-hydrogen) atoms. The van der Waals surface area contributed by atoms with E-state index in [1.807, 2.05) is 0 Å². The predicted octanol–water partition coefficient (Wildman–Crippen LogP) is 5.11. The maximum absolute atomic E-state index is 3.68. The zero-order valence-corrected chi connectivity index (χ0v) is 13.8. The van der Waals surface area contributed by atoms with Gasteiger partial charge in [-0.15, -0.1) is 0 Å². The molecule has 0 spiro atoms. The van der Waals surface area contributed by atoms with Crippen LogP contribution in [0.3, 0.4) is 0 Å². The summed E-state index contributed by atoms with van der Waals surface area (Å²) >= 11 is 0. The van der Waals surface area contributed by atoms with Crippen molar-refractivity contribution in [2.75, 3.05) is 0 Å². The highest BCUT2D eigenvalue weighted by molar-refractivity contribution is 5.24.